The first-order valence-electron chi connectivity index (χ1n) is 6.71. The predicted molar refractivity (Wildman–Crippen MR) is 73.8 cm³/mol. The first-order chi connectivity index (χ1) is 7.83. The summed E-state index contributed by atoms with van der Waals surface area (Å²) in [6.07, 6.45) is 0. The maximum Gasteiger partial charge on any atom is 0.116 e. The van der Waals surface area contributed by atoms with E-state index in [-0.39, 0.29) is 0 Å². The van der Waals surface area contributed by atoms with E-state index in [0.717, 1.165) is 26.2 Å². The monoisotopic (exact) mass is 239 g/mol. The fourth-order valence-electron chi connectivity index (χ4n) is 2.20. The molecule has 0 aliphatic rings. The van der Waals surface area contributed by atoms with Crippen molar-refractivity contribution in [2.45, 2.75) is 47.1 Å². The lowest BCUT2D eigenvalue weighted by atomic mass is 10.0. The van der Waals surface area contributed by atoms with Crippen LogP contribution < -0.4 is 5.32 Å². The molecular formula is C14H29N3. The lowest BCUT2D eigenvalue weighted by Crippen LogP contribution is -2.51. The zero-order chi connectivity index (χ0) is 13.5. The average Bonchev–Trinajstić information content (AvgIpc) is 2.15. The zero-order valence-electron chi connectivity index (χ0n) is 12.4. The van der Waals surface area contributed by atoms with Gasteiger partial charge in [-0.25, -0.2) is 0 Å². The average molecular weight is 239 g/mol. The molecule has 0 aromatic rings. The Hall–Kier alpha value is -0.590. The SMILES string of the molecule is CCNC(C)(C#N)CN(CC(C)C)CC(C)C. The van der Waals surface area contributed by atoms with E-state index in [9.17, 15) is 5.26 Å². The van der Waals surface area contributed by atoms with E-state index in [1.54, 1.807) is 0 Å². The van der Waals surface area contributed by atoms with Gasteiger partial charge in [0.1, 0.15) is 5.54 Å². The number of nitriles is 1. The van der Waals surface area contributed by atoms with Crippen molar-refractivity contribution in [1.29, 1.82) is 5.26 Å². The van der Waals surface area contributed by atoms with Crippen LogP contribution in [-0.2, 0) is 0 Å². The summed E-state index contributed by atoms with van der Waals surface area (Å²) in [5.41, 5.74) is -0.432. The number of rotatable bonds is 8. The Kier molecular flexibility index (Phi) is 7.41. The van der Waals surface area contributed by atoms with Crippen LogP contribution in [0.5, 0.6) is 0 Å². The molecule has 0 amide bonds. The summed E-state index contributed by atoms with van der Waals surface area (Å²) in [7, 11) is 0. The molecule has 0 radical (unpaired) electrons. The molecule has 17 heavy (non-hydrogen) atoms. The maximum absolute atomic E-state index is 9.29. The van der Waals surface area contributed by atoms with Gasteiger partial charge >= 0.3 is 0 Å². The number of hydrogen-bond donors (Lipinski definition) is 1. The molecule has 100 valence electrons. The molecule has 0 aliphatic heterocycles. The molecule has 0 spiro atoms. The summed E-state index contributed by atoms with van der Waals surface area (Å²) in [6.45, 7) is 16.7. The minimum absolute atomic E-state index is 0.432. The second kappa shape index (κ2) is 7.68. The number of hydrogen-bond acceptors (Lipinski definition) is 3. The van der Waals surface area contributed by atoms with E-state index in [2.05, 4.69) is 44.0 Å². The minimum atomic E-state index is -0.432. The van der Waals surface area contributed by atoms with Crippen molar-refractivity contribution in [3.63, 3.8) is 0 Å². The highest BCUT2D eigenvalue weighted by Crippen LogP contribution is 2.10. The van der Waals surface area contributed by atoms with Gasteiger partial charge in [-0.05, 0) is 25.3 Å². The fourth-order valence-corrected chi connectivity index (χ4v) is 2.20. The summed E-state index contributed by atoms with van der Waals surface area (Å²) in [5.74, 6) is 1.27. The van der Waals surface area contributed by atoms with Crippen LogP contribution in [0.2, 0.25) is 0 Å². The van der Waals surface area contributed by atoms with Gasteiger partial charge in [-0.15, -0.1) is 0 Å². The third kappa shape index (κ3) is 7.36. The lowest BCUT2D eigenvalue weighted by Gasteiger charge is -2.33. The van der Waals surface area contributed by atoms with Crippen LogP contribution in [0.3, 0.4) is 0 Å². The summed E-state index contributed by atoms with van der Waals surface area (Å²) in [4.78, 5) is 2.40. The zero-order valence-corrected chi connectivity index (χ0v) is 12.4. The van der Waals surface area contributed by atoms with Crippen LogP contribution in [0.25, 0.3) is 0 Å². The number of likely N-dealkylation sites (N-methyl/N-ethyl adjacent to an activating group) is 1. The predicted octanol–water partition coefficient (Wildman–Crippen LogP) is 2.49. The van der Waals surface area contributed by atoms with Gasteiger partial charge in [0.2, 0.25) is 0 Å². The Morgan fingerprint density at radius 3 is 1.94 bits per heavy atom. The van der Waals surface area contributed by atoms with Crippen molar-refractivity contribution >= 4 is 0 Å². The molecule has 1 unspecified atom stereocenters. The highest BCUT2D eigenvalue weighted by Gasteiger charge is 2.26. The van der Waals surface area contributed by atoms with Crippen LogP contribution in [-0.4, -0.2) is 36.6 Å². The fraction of sp³-hybridized carbons (Fsp3) is 0.929. The molecular weight excluding hydrogens is 210 g/mol. The Labute approximate surface area is 107 Å². The van der Waals surface area contributed by atoms with Gasteiger partial charge in [-0.3, -0.25) is 10.2 Å². The molecule has 1 atom stereocenters. The quantitative estimate of drug-likeness (QED) is 0.707. The lowest BCUT2D eigenvalue weighted by molar-refractivity contribution is 0.182. The molecule has 0 saturated carbocycles. The number of nitrogens with one attached hydrogen (secondary N) is 1. The highest BCUT2D eigenvalue weighted by atomic mass is 15.2. The van der Waals surface area contributed by atoms with E-state index >= 15 is 0 Å². The molecule has 0 aliphatic carbocycles. The minimum Gasteiger partial charge on any atom is -0.300 e. The summed E-state index contributed by atoms with van der Waals surface area (Å²) >= 11 is 0. The summed E-state index contributed by atoms with van der Waals surface area (Å²) in [5, 5.41) is 12.6. The van der Waals surface area contributed by atoms with E-state index in [0.29, 0.717) is 11.8 Å². The largest absolute Gasteiger partial charge is 0.300 e. The third-order valence-corrected chi connectivity index (χ3v) is 2.60. The van der Waals surface area contributed by atoms with Gasteiger partial charge < -0.3 is 0 Å². The normalized spacial score (nSPS) is 15.3. The molecule has 3 heteroatoms. The van der Waals surface area contributed by atoms with Gasteiger partial charge in [0.25, 0.3) is 0 Å². The Balaban J connectivity index is 4.54. The van der Waals surface area contributed by atoms with E-state index < -0.39 is 5.54 Å². The van der Waals surface area contributed by atoms with Gasteiger partial charge in [0.05, 0.1) is 6.07 Å². The number of nitrogens with zero attached hydrogens (tertiary/aromatic N) is 2. The van der Waals surface area contributed by atoms with Gasteiger partial charge in [-0.1, -0.05) is 34.6 Å². The van der Waals surface area contributed by atoms with Crippen molar-refractivity contribution in [1.82, 2.24) is 10.2 Å². The third-order valence-electron chi connectivity index (χ3n) is 2.60. The van der Waals surface area contributed by atoms with Crippen molar-refractivity contribution in [2.24, 2.45) is 11.8 Å². The molecule has 3 nitrogen and oxygen atoms in total. The molecule has 0 aromatic heterocycles. The molecule has 0 saturated heterocycles. The van der Waals surface area contributed by atoms with E-state index in [4.69, 9.17) is 0 Å². The standard InChI is InChI=1S/C14H29N3/c1-7-16-14(6,10-15)11-17(8-12(2)3)9-13(4)5/h12-13,16H,7-9,11H2,1-6H3. The second-order valence-corrected chi connectivity index (χ2v) is 5.96. The van der Waals surface area contributed by atoms with Crippen LogP contribution >= 0.6 is 0 Å². The Bertz CT molecular complexity index is 232. The maximum atomic E-state index is 9.29. The van der Waals surface area contributed by atoms with Crippen LogP contribution in [0.4, 0.5) is 0 Å². The summed E-state index contributed by atoms with van der Waals surface area (Å²) < 4.78 is 0. The van der Waals surface area contributed by atoms with Crippen LogP contribution in [0, 0.1) is 23.2 Å². The molecule has 0 rings (SSSR count). The van der Waals surface area contributed by atoms with Crippen LogP contribution in [0.15, 0.2) is 0 Å². The molecule has 0 bridgehead atoms. The van der Waals surface area contributed by atoms with Crippen molar-refractivity contribution in [3.05, 3.63) is 0 Å². The molecule has 0 aromatic carbocycles. The topological polar surface area (TPSA) is 39.1 Å². The van der Waals surface area contributed by atoms with Gasteiger partial charge in [-0.2, -0.15) is 5.26 Å². The van der Waals surface area contributed by atoms with Gasteiger partial charge in [0.15, 0.2) is 0 Å². The Morgan fingerprint density at radius 1 is 1.18 bits per heavy atom. The highest BCUT2D eigenvalue weighted by molar-refractivity contribution is 5.05. The molecule has 0 fully saturated rings. The molecule has 0 heterocycles. The van der Waals surface area contributed by atoms with Crippen LogP contribution in [0.1, 0.15) is 41.5 Å². The van der Waals surface area contributed by atoms with Gasteiger partial charge in [0, 0.05) is 19.6 Å². The first-order valence-corrected chi connectivity index (χ1v) is 6.71. The van der Waals surface area contributed by atoms with Crippen molar-refractivity contribution in [3.8, 4) is 6.07 Å². The molecule has 1 N–H and O–H groups in total. The van der Waals surface area contributed by atoms with E-state index in [1.807, 2.05) is 13.8 Å². The van der Waals surface area contributed by atoms with E-state index in [1.165, 1.54) is 0 Å². The first kappa shape index (κ1) is 16.4. The van der Waals surface area contributed by atoms with Crippen molar-refractivity contribution < 1.29 is 0 Å². The Morgan fingerprint density at radius 2 is 1.65 bits per heavy atom. The summed E-state index contributed by atoms with van der Waals surface area (Å²) in [6, 6.07) is 2.40. The smallest absolute Gasteiger partial charge is 0.116 e. The second-order valence-electron chi connectivity index (χ2n) is 5.96. The van der Waals surface area contributed by atoms with Crippen molar-refractivity contribution in [2.75, 3.05) is 26.2 Å².